The van der Waals surface area contributed by atoms with E-state index in [1.54, 1.807) is 6.92 Å². The molecule has 70 valence electrons. The fraction of sp³-hybridized carbons (Fsp3) is 0.750. The molecule has 0 saturated carbocycles. The second-order valence-corrected chi connectivity index (χ2v) is 2.79. The molecule has 0 radical (unpaired) electrons. The lowest BCUT2D eigenvalue weighted by atomic mass is 10.0. The third-order valence-corrected chi connectivity index (χ3v) is 1.62. The van der Waals surface area contributed by atoms with Crippen LogP contribution in [0.15, 0.2) is 0 Å². The molecule has 1 unspecified atom stereocenters. The van der Waals surface area contributed by atoms with Crippen molar-refractivity contribution >= 4 is 11.7 Å². The molecule has 1 atom stereocenters. The summed E-state index contributed by atoms with van der Waals surface area (Å²) in [6.45, 7) is 3.36. The minimum absolute atomic E-state index is 0.00847. The van der Waals surface area contributed by atoms with E-state index in [9.17, 15) is 9.59 Å². The lowest BCUT2D eigenvalue weighted by Crippen LogP contribution is -2.28. The first-order valence-corrected chi connectivity index (χ1v) is 3.96. The van der Waals surface area contributed by atoms with E-state index in [1.165, 1.54) is 6.92 Å². The predicted octanol–water partition coefficient (Wildman–Crippen LogP) is -0.290. The number of carbonyl (C=O) groups is 2. The second-order valence-electron chi connectivity index (χ2n) is 2.79. The maximum absolute atomic E-state index is 10.9. The lowest BCUT2D eigenvalue weighted by molar-refractivity contribution is -0.127. The van der Waals surface area contributed by atoms with Gasteiger partial charge in [0.2, 0.25) is 5.91 Å². The van der Waals surface area contributed by atoms with Crippen molar-refractivity contribution in [1.82, 2.24) is 5.32 Å². The van der Waals surface area contributed by atoms with Crippen molar-refractivity contribution < 1.29 is 14.7 Å². The normalized spacial score (nSPS) is 12.2. The Kier molecular flexibility index (Phi) is 5.28. The smallest absolute Gasteiger partial charge is 0.220 e. The summed E-state index contributed by atoms with van der Waals surface area (Å²) in [6.07, 6.45) is 0.204. The Hall–Kier alpha value is -0.900. The van der Waals surface area contributed by atoms with E-state index in [1.807, 2.05) is 0 Å². The minimum Gasteiger partial charge on any atom is -0.395 e. The zero-order valence-corrected chi connectivity index (χ0v) is 7.46. The molecule has 0 heterocycles. The summed E-state index contributed by atoms with van der Waals surface area (Å²) in [5.41, 5.74) is 0. The average molecular weight is 173 g/mol. The summed E-state index contributed by atoms with van der Waals surface area (Å²) >= 11 is 0. The van der Waals surface area contributed by atoms with Gasteiger partial charge in [-0.1, -0.05) is 6.92 Å². The maximum atomic E-state index is 10.9. The summed E-state index contributed by atoms with van der Waals surface area (Å²) in [6, 6.07) is 0. The monoisotopic (exact) mass is 173 g/mol. The molecular formula is C8H15NO3. The Morgan fingerprint density at radius 2 is 2.08 bits per heavy atom. The van der Waals surface area contributed by atoms with Crippen LogP contribution in [0.2, 0.25) is 0 Å². The third-order valence-electron chi connectivity index (χ3n) is 1.62. The molecule has 4 nitrogen and oxygen atoms in total. The van der Waals surface area contributed by atoms with Crippen LogP contribution in [-0.2, 0) is 9.59 Å². The summed E-state index contributed by atoms with van der Waals surface area (Å²) in [5, 5.41) is 10.9. The van der Waals surface area contributed by atoms with Crippen LogP contribution >= 0.6 is 0 Å². The highest BCUT2D eigenvalue weighted by Crippen LogP contribution is 2.01. The van der Waals surface area contributed by atoms with E-state index in [2.05, 4.69) is 5.32 Å². The van der Waals surface area contributed by atoms with Crippen molar-refractivity contribution in [3.05, 3.63) is 0 Å². The van der Waals surface area contributed by atoms with Gasteiger partial charge in [-0.15, -0.1) is 0 Å². The fourth-order valence-electron chi connectivity index (χ4n) is 0.689. The van der Waals surface area contributed by atoms with Crippen LogP contribution in [0.3, 0.4) is 0 Å². The molecule has 0 aromatic carbocycles. The van der Waals surface area contributed by atoms with Crippen LogP contribution in [0.1, 0.15) is 20.3 Å². The second kappa shape index (κ2) is 5.71. The van der Waals surface area contributed by atoms with Gasteiger partial charge < -0.3 is 10.4 Å². The average Bonchev–Trinajstić information content (AvgIpc) is 2.00. The van der Waals surface area contributed by atoms with Gasteiger partial charge in [0.15, 0.2) is 0 Å². The molecule has 2 N–H and O–H groups in total. The summed E-state index contributed by atoms with van der Waals surface area (Å²) < 4.78 is 0. The van der Waals surface area contributed by atoms with Crippen LogP contribution in [0.5, 0.6) is 0 Å². The van der Waals surface area contributed by atoms with Crippen molar-refractivity contribution in [3.8, 4) is 0 Å². The van der Waals surface area contributed by atoms with Crippen LogP contribution in [0.25, 0.3) is 0 Å². The van der Waals surface area contributed by atoms with E-state index in [4.69, 9.17) is 5.11 Å². The van der Waals surface area contributed by atoms with Gasteiger partial charge in [-0.3, -0.25) is 9.59 Å². The quantitative estimate of drug-likeness (QED) is 0.600. The first-order valence-electron chi connectivity index (χ1n) is 3.96. The van der Waals surface area contributed by atoms with Crippen molar-refractivity contribution in [2.75, 3.05) is 13.2 Å². The molecule has 1 amide bonds. The number of carbonyl (C=O) groups excluding carboxylic acids is 2. The highest BCUT2D eigenvalue weighted by atomic mass is 16.3. The summed E-state index contributed by atoms with van der Waals surface area (Å²) in [4.78, 5) is 21.7. The number of aliphatic hydroxyl groups is 1. The Balaban J connectivity index is 3.61. The van der Waals surface area contributed by atoms with Crippen LogP contribution < -0.4 is 5.32 Å². The van der Waals surface area contributed by atoms with E-state index >= 15 is 0 Å². The van der Waals surface area contributed by atoms with E-state index in [0.717, 1.165) is 0 Å². The van der Waals surface area contributed by atoms with Gasteiger partial charge >= 0.3 is 0 Å². The van der Waals surface area contributed by atoms with Crippen LogP contribution in [0, 0.1) is 5.92 Å². The van der Waals surface area contributed by atoms with Crippen molar-refractivity contribution in [2.45, 2.75) is 20.3 Å². The Morgan fingerprint density at radius 1 is 1.50 bits per heavy atom. The Bertz CT molecular complexity index is 168. The molecule has 12 heavy (non-hydrogen) atoms. The fourth-order valence-corrected chi connectivity index (χ4v) is 0.689. The van der Waals surface area contributed by atoms with Gasteiger partial charge in [-0.05, 0) is 6.92 Å². The molecule has 0 rings (SSSR count). The van der Waals surface area contributed by atoms with Gasteiger partial charge in [-0.2, -0.15) is 0 Å². The zero-order valence-electron chi connectivity index (χ0n) is 7.46. The highest BCUT2D eigenvalue weighted by Gasteiger charge is 2.11. The van der Waals surface area contributed by atoms with Crippen LogP contribution in [-0.4, -0.2) is 29.9 Å². The zero-order chi connectivity index (χ0) is 9.56. The molecule has 0 aromatic rings. The Morgan fingerprint density at radius 3 is 2.50 bits per heavy atom. The molecular weight excluding hydrogens is 158 g/mol. The van der Waals surface area contributed by atoms with E-state index < -0.39 is 0 Å². The number of ketones is 1. The molecule has 0 saturated heterocycles. The molecule has 0 bridgehead atoms. The SMILES string of the molecule is CC(=O)C(C)CC(=O)NCCO. The number of aliphatic hydroxyl groups excluding tert-OH is 1. The number of hydrogen-bond donors (Lipinski definition) is 2. The molecule has 0 aliphatic heterocycles. The lowest BCUT2D eigenvalue weighted by Gasteiger charge is -2.06. The summed E-state index contributed by atoms with van der Waals surface area (Å²) in [7, 11) is 0. The number of nitrogens with one attached hydrogen (secondary N) is 1. The predicted molar refractivity (Wildman–Crippen MR) is 44.6 cm³/mol. The molecule has 0 aromatic heterocycles. The molecule has 4 heteroatoms. The van der Waals surface area contributed by atoms with E-state index in [0.29, 0.717) is 0 Å². The van der Waals surface area contributed by atoms with Crippen molar-refractivity contribution in [3.63, 3.8) is 0 Å². The van der Waals surface area contributed by atoms with Gasteiger partial charge in [0.05, 0.1) is 6.61 Å². The highest BCUT2D eigenvalue weighted by molar-refractivity contribution is 5.85. The summed E-state index contributed by atoms with van der Waals surface area (Å²) in [5.74, 6) is -0.412. The van der Waals surface area contributed by atoms with Gasteiger partial charge in [0.25, 0.3) is 0 Å². The van der Waals surface area contributed by atoms with Crippen LogP contribution in [0.4, 0.5) is 0 Å². The minimum atomic E-state index is -0.233. The largest absolute Gasteiger partial charge is 0.395 e. The van der Waals surface area contributed by atoms with Gasteiger partial charge in [0.1, 0.15) is 5.78 Å². The first kappa shape index (κ1) is 11.1. The number of Topliss-reactive ketones (excluding diaryl/α,β-unsaturated/α-hetero) is 1. The van der Waals surface area contributed by atoms with E-state index in [-0.39, 0.29) is 37.2 Å². The molecule has 0 fully saturated rings. The topological polar surface area (TPSA) is 66.4 Å². The van der Waals surface area contributed by atoms with Crippen molar-refractivity contribution in [1.29, 1.82) is 0 Å². The number of rotatable bonds is 5. The third kappa shape index (κ3) is 4.85. The molecule has 0 aliphatic carbocycles. The standard InChI is InChI=1S/C8H15NO3/c1-6(7(2)11)5-8(12)9-3-4-10/h6,10H,3-5H2,1-2H3,(H,9,12). The molecule has 0 spiro atoms. The number of amides is 1. The maximum Gasteiger partial charge on any atom is 0.220 e. The van der Waals surface area contributed by atoms with Gasteiger partial charge in [-0.25, -0.2) is 0 Å². The van der Waals surface area contributed by atoms with Crippen molar-refractivity contribution in [2.24, 2.45) is 5.92 Å². The molecule has 0 aliphatic rings. The van der Waals surface area contributed by atoms with Gasteiger partial charge in [0, 0.05) is 18.9 Å². The first-order chi connectivity index (χ1) is 5.57. The number of hydrogen-bond acceptors (Lipinski definition) is 3. The Labute approximate surface area is 72.0 Å².